The minimum atomic E-state index is 0.694. The van der Waals surface area contributed by atoms with E-state index >= 15 is 0 Å². The van der Waals surface area contributed by atoms with Gasteiger partial charge >= 0.3 is 0 Å². The molecule has 0 N–H and O–H groups in total. The minimum Gasteiger partial charge on any atom is -0.494 e. The Morgan fingerprint density at radius 2 is 1.12 bits per heavy atom. The molecule has 0 saturated heterocycles. The van der Waals surface area contributed by atoms with Gasteiger partial charge in [-0.1, -0.05) is 80.9 Å². The molecule has 2 aromatic carbocycles. The Balaban J connectivity index is 1.47. The van der Waals surface area contributed by atoms with E-state index < -0.39 is 0 Å². The second-order valence-corrected chi connectivity index (χ2v) is 9.42. The molecule has 2 rings (SSSR count). The van der Waals surface area contributed by atoms with E-state index in [9.17, 15) is 0 Å². The topological polar surface area (TPSA) is 9.23 Å². The fraction of sp³-hybridized carbons (Fsp3) is 0.517. The first-order valence-corrected chi connectivity index (χ1v) is 13.5. The number of rotatable bonds is 15. The van der Waals surface area contributed by atoms with E-state index in [4.69, 9.17) is 4.74 Å². The summed E-state index contributed by atoms with van der Waals surface area (Å²) >= 11 is 8.77. The first kappa shape index (κ1) is 26.7. The summed E-state index contributed by atoms with van der Waals surface area (Å²) in [6, 6.07) is 16.4. The second-order valence-electron chi connectivity index (χ2n) is 8.69. The molecule has 0 aliphatic carbocycles. The normalized spacial score (nSPS) is 10.8. The Morgan fingerprint density at radius 1 is 0.656 bits per heavy atom. The van der Waals surface area contributed by atoms with Crippen LogP contribution in [0.15, 0.2) is 48.5 Å². The van der Waals surface area contributed by atoms with Gasteiger partial charge in [0, 0.05) is 11.1 Å². The molecule has 0 saturated carbocycles. The molecule has 32 heavy (non-hydrogen) atoms. The van der Waals surface area contributed by atoms with Crippen LogP contribution in [-0.2, 0) is 0 Å². The van der Waals surface area contributed by atoms with Crippen molar-refractivity contribution in [3.8, 4) is 17.6 Å². The van der Waals surface area contributed by atoms with Crippen molar-refractivity contribution in [3.63, 3.8) is 0 Å². The predicted molar refractivity (Wildman–Crippen MR) is 146 cm³/mol. The highest BCUT2D eigenvalue weighted by molar-refractivity contribution is 7.81. The van der Waals surface area contributed by atoms with Crippen molar-refractivity contribution in [2.45, 2.75) is 71.1 Å². The van der Waals surface area contributed by atoms with Crippen molar-refractivity contribution in [1.82, 2.24) is 0 Å². The maximum absolute atomic E-state index is 5.89. The lowest BCUT2D eigenvalue weighted by molar-refractivity contribution is 0.304. The summed E-state index contributed by atoms with van der Waals surface area (Å²) in [4.78, 5) is 0. The summed E-state index contributed by atoms with van der Waals surface area (Å²) in [5.74, 6) is 10.0. The van der Waals surface area contributed by atoms with Gasteiger partial charge in [0.1, 0.15) is 5.75 Å². The number of unbranched alkanes of at least 4 members (excludes halogenated alkanes) is 8. The number of thiol groups is 2. The lowest BCUT2D eigenvalue weighted by Gasteiger charge is -2.10. The zero-order chi connectivity index (χ0) is 22.9. The molecule has 0 aliphatic heterocycles. The van der Waals surface area contributed by atoms with Gasteiger partial charge in [-0.05, 0) is 73.6 Å². The van der Waals surface area contributed by atoms with Crippen LogP contribution in [-0.4, -0.2) is 18.1 Å². The van der Waals surface area contributed by atoms with E-state index in [2.05, 4.69) is 68.3 Å². The average Bonchev–Trinajstić information content (AvgIpc) is 2.82. The molecule has 0 amide bonds. The molecule has 3 heteroatoms. The molecule has 0 spiro atoms. The molecule has 0 radical (unpaired) electrons. The second kappa shape index (κ2) is 17.0. The zero-order valence-electron chi connectivity index (χ0n) is 19.7. The smallest absolute Gasteiger partial charge is 0.119 e. The van der Waals surface area contributed by atoms with Crippen molar-refractivity contribution < 1.29 is 4.74 Å². The van der Waals surface area contributed by atoms with Crippen LogP contribution in [0.25, 0.3) is 0 Å². The maximum atomic E-state index is 5.89. The third kappa shape index (κ3) is 11.9. The highest BCUT2D eigenvalue weighted by Gasteiger charge is 2.03. The van der Waals surface area contributed by atoms with Crippen LogP contribution < -0.4 is 4.74 Å². The lowest BCUT2D eigenvalue weighted by atomic mass is 10.0. The van der Waals surface area contributed by atoms with Crippen LogP contribution in [0.3, 0.4) is 0 Å². The van der Waals surface area contributed by atoms with Crippen LogP contribution in [0.2, 0.25) is 0 Å². The van der Waals surface area contributed by atoms with Gasteiger partial charge in [-0.15, -0.1) is 0 Å². The van der Waals surface area contributed by atoms with Gasteiger partial charge in [-0.25, -0.2) is 0 Å². The summed E-state index contributed by atoms with van der Waals surface area (Å²) < 4.78 is 5.89. The molecule has 0 unspecified atom stereocenters. The summed E-state index contributed by atoms with van der Waals surface area (Å²) in [6.45, 7) is 2.89. The molecule has 0 bridgehead atoms. The molecular weight excluding hydrogens is 428 g/mol. The Hall–Kier alpha value is -1.50. The van der Waals surface area contributed by atoms with E-state index in [0.717, 1.165) is 41.4 Å². The van der Waals surface area contributed by atoms with Gasteiger partial charge in [0.05, 0.1) is 6.61 Å². The number of ether oxygens (including phenoxy) is 1. The SMILES string of the molecule is Cc1ccc(C#Cc2ccc(OCCCCCCCCCCCC(CS)CS)cc2)cc1. The quantitative estimate of drug-likeness (QED) is 0.152. The Kier molecular flexibility index (Phi) is 14.2. The third-order valence-corrected chi connectivity index (χ3v) is 6.83. The maximum Gasteiger partial charge on any atom is 0.119 e. The fourth-order valence-electron chi connectivity index (χ4n) is 3.62. The predicted octanol–water partition coefficient (Wildman–Crippen LogP) is 8.15. The van der Waals surface area contributed by atoms with E-state index in [1.807, 2.05) is 24.3 Å². The molecule has 1 nitrogen and oxygen atoms in total. The largest absolute Gasteiger partial charge is 0.494 e. The summed E-state index contributed by atoms with van der Waals surface area (Å²) in [6.07, 6.45) is 13.2. The minimum absolute atomic E-state index is 0.694. The highest BCUT2D eigenvalue weighted by Crippen LogP contribution is 2.16. The van der Waals surface area contributed by atoms with Crippen LogP contribution in [0.5, 0.6) is 5.75 Å². The van der Waals surface area contributed by atoms with E-state index in [1.165, 1.54) is 63.4 Å². The number of benzene rings is 2. The molecular formula is C29H40OS2. The Morgan fingerprint density at radius 3 is 1.66 bits per heavy atom. The van der Waals surface area contributed by atoms with Crippen molar-refractivity contribution in [2.75, 3.05) is 18.1 Å². The molecule has 2 aromatic rings. The molecule has 0 aromatic heterocycles. The standard InChI is InChI=1S/C29H40OS2/c1-25-12-14-26(15-13-25)16-17-27-18-20-29(21-19-27)30-22-10-8-6-4-2-3-5-7-9-11-28(23-31)24-32/h12-15,18-21,28,31-32H,2-11,22-24H2,1H3. The van der Waals surface area contributed by atoms with Crippen molar-refractivity contribution in [2.24, 2.45) is 5.92 Å². The Bertz CT molecular complexity index is 783. The monoisotopic (exact) mass is 468 g/mol. The molecule has 174 valence electrons. The van der Waals surface area contributed by atoms with Crippen LogP contribution in [0.4, 0.5) is 0 Å². The number of hydrogen-bond donors (Lipinski definition) is 2. The van der Waals surface area contributed by atoms with Crippen LogP contribution in [0, 0.1) is 24.7 Å². The van der Waals surface area contributed by atoms with Crippen molar-refractivity contribution in [1.29, 1.82) is 0 Å². The van der Waals surface area contributed by atoms with Gasteiger partial charge in [-0.3, -0.25) is 0 Å². The third-order valence-electron chi connectivity index (χ3n) is 5.80. The van der Waals surface area contributed by atoms with Gasteiger partial charge in [0.15, 0.2) is 0 Å². The zero-order valence-corrected chi connectivity index (χ0v) is 21.5. The number of hydrogen-bond acceptors (Lipinski definition) is 3. The van der Waals surface area contributed by atoms with Gasteiger partial charge < -0.3 is 4.74 Å². The Labute approximate surface area is 207 Å². The molecule has 0 atom stereocenters. The summed E-state index contributed by atoms with van der Waals surface area (Å²) in [5.41, 5.74) is 3.31. The lowest BCUT2D eigenvalue weighted by Crippen LogP contribution is -2.03. The van der Waals surface area contributed by atoms with E-state index in [-0.39, 0.29) is 0 Å². The molecule has 0 aliphatic rings. The summed E-state index contributed by atoms with van der Waals surface area (Å²) in [7, 11) is 0. The van der Waals surface area contributed by atoms with E-state index in [1.54, 1.807) is 0 Å². The first-order chi connectivity index (χ1) is 15.7. The highest BCUT2D eigenvalue weighted by atomic mass is 32.1. The van der Waals surface area contributed by atoms with Gasteiger partial charge in [0.25, 0.3) is 0 Å². The van der Waals surface area contributed by atoms with Crippen molar-refractivity contribution in [3.05, 3.63) is 65.2 Å². The first-order valence-electron chi connectivity index (χ1n) is 12.2. The fourth-order valence-corrected chi connectivity index (χ4v) is 4.45. The van der Waals surface area contributed by atoms with Crippen LogP contribution >= 0.6 is 25.3 Å². The van der Waals surface area contributed by atoms with Crippen LogP contribution in [0.1, 0.15) is 80.9 Å². The summed E-state index contributed by atoms with van der Waals surface area (Å²) in [5, 5.41) is 0. The average molecular weight is 469 g/mol. The number of aryl methyl sites for hydroxylation is 1. The van der Waals surface area contributed by atoms with Crippen molar-refractivity contribution >= 4 is 25.3 Å². The molecule has 0 fully saturated rings. The van der Waals surface area contributed by atoms with Gasteiger partial charge in [-0.2, -0.15) is 25.3 Å². The molecule has 0 heterocycles. The van der Waals surface area contributed by atoms with Gasteiger partial charge in [0.2, 0.25) is 0 Å². The van der Waals surface area contributed by atoms with E-state index in [0.29, 0.717) is 5.92 Å².